The lowest BCUT2D eigenvalue weighted by atomic mass is 9.71. The summed E-state index contributed by atoms with van der Waals surface area (Å²) in [5, 5.41) is 0. The Labute approximate surface area is 85.1 Å². The van der Waals surface area contributed by atoms with Crippen LogP contribution in [0.4, 0.5) is 0 Å². The molecule has 0 heterocycles. The first-order chi connectivity index (χ1) is 5.55. The first-order valence-corrected chi connectivity index (χ1v) is 5.55. The van der Waals surface area contributed by atoms with Gasteiger partial charge in [0.25, 0.3) is 0 Å². The third kappa shape index (κ3) is 4.69. The maximum Gasteiger partial charge on any atom is -0.0357 e. The molecule has 0 heteroatoms. The van der Waals surface area contributed by atoms with Crippen molar-refractivity contribution in [2.75, 3.05) is 0 Å². The van der Waals surface area contributed by atoms with Crippen molar-refractivity contribution in [2.24, 2.45) is 22.7 Å². The largest absolute Gasteiger partial charge is 0.0620 e. The Bertz CT molecular complexity index is 124. The lowest BCUT2D eigenvalue weighted by Gasteiger charge is -2.35. The van der Waals surface area contributed by atoms with Gasteiger partial charge in [0, 0.05) is 0 Å². The van der Waals surface area contributed by atoms with E-state index < -0.39 is 0 Å². The first-order valence-electron chi connectivity index (χ1n) is 5.55. The Balaban J connectivity index is 4.15. The van der Waals surface area contributed by atoms with Gasteiger partial charge in [-0.25, -0.2) is 0 Å². The van der Waals surface area contributed by atoms with Gasteiger partial charge in [0.1, 0.15) is 0 Å². The molecule has 0 aliphatic heterocycles. The van der Waals surface area contributed by atoms with Gasteiger partial charge in [0.2, 0.25) is 0 Å². The summed E-state index contributed by atoms with van der Waals surface area (Å²) in [7, 11) is 0. The smallest absolute Gasteiger partial charge is 0.0357 e. The van der Waals surface area contributed by atoms with E-state index in [9.17, 15) is 0 Å². The number of hydrogen-bond acceptors (Lipinski definition) is 0. The van der Waals surface area contributed by atoms with E-state index in [0.717, 1.165) is 11.8 Å². The normalized spacial score (nSPS) is 18.5. The molecule has 0 amide bonds. The summed E-state index contributed by atoms with van der Waals surface area (Å²) in [6, 6.07) is 0. The molecule has 0 aliphatic rings. The summed E-state index contributed by atoms with van der Waals surface area (Å²) >= 11 is 0. The zero-order valence-corrected chi connectivity index (χ0v) is 10.9. The monoisotopic (exact) mass is 184 g/mol. The van der Waals surface area contributed by atoms with Crippen molar-refractivity contribution in [3.63, 3.8) is 0 Å². The Hall–Kier alpha value is 0. The van der Waals surface area contributed by atoms with Gasteiger partial charge in [-0.15, -0.1) is 0 Å². The van der Waals surface area contributed by atoms with Gasteiger partial charge in [0.15, 0.2) is 0 Å². The zero-order valence-electron chi connectivity index (χ0n) is 10.9. The molecule has 0 fully saturated rings. The fraction of sp³-hybridized carbons (Fsp3) is 1.00. The third-order valence-corrected chi connectivity index (χ3v) is 3.66. The van der Waals surface area contributed by atoms with Crippen LogP contribution in [0.2, 0.25) is 0 Å². The predicted molar refractivity (Wildman–Crippen MR) is 61.9 cm³/mol. The molecule has 80 valence electrons. The Morgan fingerprint density at radius 1 is 0.692 bits per heavy atom. The van der Waals surface area contributed by atoms with E-state index in [0.29, 0.717) is 10.8 Å². The van der Waals surface area contributed by atoms with Crippen molar-refractivity contribution in [1.82, 2.24) is 0 Å². The van der Waals surface area contributed by atoms with Crippen LogP contribution in [-0.2, 0) is 0 Å². The molecule has 0 radical (unpaired) electrons. The number of rotatable bonds is 2. The molecule has 0 saturated heterocycles. The summed E-state index contributed by atoms with van der Waals surface area (Å²) < 4.78 is 0. The van der Waals surface area contributed by atoms with Gasteiger partial charge in [-0.2, -0.15) is 0 Å². The minimum Gasteiger partial charge on any atom is -0.0620 e. The van der Waals surface area contributed by atoms with E-state index in [-0.39, 0.29) is 0 Å². The van der Waals surface area contributed by atoms with E-state index >= 15 is 0 Å². The molecule has 0 spiro atoms. The summed E-state index contributed by atoms with van der Waals surface area (Å²) in [5.41, 5.74) is 0.916. The molecule has 0 bridgehead atoms. The van der Waals surface area contributed by atoms with Crippen molar-refractivity contribution < 1.29 is 0 Å². The first kappa shape index (κ1) is 13.0. The van der Waals surface area contributed by atoms with E-state index in [4.69, 9.17) is 0 Å². The highest BCUT2D eigenvalue weighted by atomic mass is 14.3. The fourth-order valence-corrected chi connectivity index (χ4v) is 1.24. The quantitative estimate of drug-likeness (QED) is 0.581. The van der Waals surface area contributed by atoms with Crippen LogP contribution in [-0.4, -0.2) is 0 Å². The molecule has 0 N–H and O–H groups in total. The van der Waals surface area contributed by atoms with Crippen molar-refractivity contribution in [2.45, 2.75) is 61.8 Å². The summed E-state index contributed by atoms with van der Waals surface area (Å²) in [5.74, 6) is 1.61. The van der Waals surface area contributed by atoms with Gasteiger partial charge in [-0.05, 0) is 29.1 Å². The predicted octanol–water partition coefficient (Wildman–Crippen LogP) is 4.74. The molecule has 0 aromatic rings. The van der Waals surface area contributed by atoms with Gasteiger partial charge in [-0.3, -0.25) is 0 Å². The van der Waals surface area contributed by atoms with Crippen LogP contribution in [0, 0.1) is 22.7 Å². The third-order valence-electron chi connectivity index (χ3n) is 3.66. The molecule has 13 heavy (non-hydrogen) atoms. The molecule has 0 aromatic carbocycles. The van der Waals surface area contributed by atoms with Crippen LogP contribution in [0.15, 0.2) is 0 Å². The van der Waals surface area contributed by atoms with Crippen molar-refractivity contribution in [1.29, 1.82) is 0 Å². The molecular weight excluding hydrogens is 156 g/mol. The second kappa shape index (κ2) is 4.02. The van der Waals surface area contributed by atoms with E-state index in [1.807, 2.05) is 0 Å². The van der Waals surface area contributed by atoms with Crippen LogP contribution in [0.5, 0.6) is 0 Å². The molecule has 0 aromatic heterocycles. The molecule has 0 saturated carbocycles. The van der Waals surface area contributed by atoms with E-state index in [1.54, 1.807) is 0 Å². The SMILES string of the molecule is C[C@H](C[C@H](C)C(C)(C)C)C(C)(C)C. The van der Waals surface area contributed by atoms with Crippen LogP contribution >= 0.6 is 0 Å². The minimum atomic E-state index is 0.458. The lowest BCUT2D eigenvalue weighted by molar-refractivity contribution is 0.157. The van der Waals surface area contributed by atoms with Crippen molar-refractivity contribution in [3.8, 4) is 0 Å². The van der Waals surface area contributed by atoms with Crippen LogP contribution in [0.25, 0.3) is 0 Å². The standard InChI is InChI=1S/C13H28/c1-10(12(3,4)5)9-11(2)13(6,7)8/h10-11H,9H2,1-8H3/t10-,11+. The number of hydrogen-bond donors (Lipinski definition) is 0. The highest BCUT2D eigenvalue weighted by Crippen LogP contribution is 2.36. The van der Waals surface area contributed by atoms with Crippen LogP contribution in [0.1, 0.15) is 61.8 Å². The Morgan fingerprint density at radius 2 is 0.923 bits per heavy atom. The van der Waals surface area contributed by atoms with Gasteiger partial charge >= 0.3 is 0 Å². The summed E-state index contributed by atoms with van der Waals surface area (Å²) in [6.07, 6.45) is 1.34. The second-order valence-corrected chi connectivity index (χ2v) is 6.77. The molecule has 0 aliphatic carbocycles. The van der Waals surface area contributed by atoms with Gasteiger partial charge in [-0.1, -0.05) is 55.4 Å². The topological polar surface area (TPSA) is 0 Å². The van der Waals surface area contributed by atoms with Crippen molar-refractivity contribution >= 4 is 0 Å². The van der Waals surface area contributed by atoms with Crippen LogP contribution in [0.3, 0.4) is 0 Å². The van der Waals surface area contributed by atoms with Crippen molar-refractivity contribution in [3.05, 3.63) is 0 Å². The lowest BCUT2D eigenvalue weighted by Crippen LogP contribution is -2.25. The Morgan fingerprint density at radius 3 is 1.08 bits per heavy atom. The maximum atomic E-state index is 2.38. The highest BCUT2D eigenvalue weighted by Gasteiger charge is 2.27. The molecule has 0 nitrogen and oxygen atoms in total. The molecule has 2 atom stereocenters. The summed E-state index contributed by atoms with van der Waals surface area (Å²) in [4.78, 5) is 0. The van der Waals surface area contributed by atoms with E-state index in [2.05, 4.69) is 55.4 Å². The fourth-order valence-electron chi connectivity index (χ4n) is 1.24. The average Bonchev–Trinajstić information content (AvgIpc) is 1.82. The van der Waals surface area contributed by atoms with Crippen LogP contribution < -0.4 is 0 Å². The maximum absolute atomic E-state index is 2.38. The summed E-state index contributed by atoms with van der Waals surface area (Å²) in [6.45, 7) is 18.8. The Kier molecular flexibility index (Phi) is 4.02. The minimum absolute atomic E-state index is 0.458. The van der Waals surface area contributed by atoms with E-state index in [1.165, 1.54) is 6.42 Å². The molecule has 0 unspecified atom stereocenters. The zero-order chi connectivity index (χ0) is 10.9. The van der Waals surface area contributed by atoms with Gasteiger partial charge in [0.05, 0.1) is 0 Å². The van der Waals surface area contributed by atoms with Gasteiger partial charge < -0.3 is 0 Å². The molecule has 0 rings (SSSR count). The average molecular weight is 184 g/mol. The second-order valence-electron chi connectivity index (χ2n) is 6.77. The highest BCUT2D eigenvalue weighted by molar-refractivity contribution is 4.77. The molecular formula is C13H28.